The molecule has 0 saturated heterocycles. The van der Waals surface area contributed by atoms with Gasteiger partial charge in [-0.3, -0.25) is 9.48 Å². The Hall–Kier alpha value is -1.55. The molecule has 2 rings (SSSR count). The van der Waals surface area contributed by atoms with Crippen LogP contribution in [-0.2, 0) is 7.05 Å². The van der Waals surface area contributed by atoms with Gasteiger partial charge < -0.3 is 0 Å². The standard InChI is InChI=1S/C12H12N2OS/c1-14-11(7-8-13-14)12(15)9-16-10-5-3-2-4-6-10/h2-8H,9H2,1H3. The maximum Gasteiger partial charge on any atom is 0.191 e. The Morgan fingerprint density at radius 1 is 1.31 bits per heavy atom. The number of thioether (sulfide) groups is 1. The van der Waals surface area contributed by atoms with Crippen LogP contribution in [0.25, 0.3) is 0 Å². The van der Waals surface area contributed by atoms with E-state index in [1.807, 2.05) is 30.3 Å². The van der Waals surface area contributed by atoms with Crippen molar-refractivity contribution in [1.29, 1.82) is 0 Å². The number of aromatic nitrogens is 2. The van der Waals surface area contributed by atoms with Gasteiger partial charge in [0.15, 0.2) is 5.78 Å². The quantitative estimate of drug-likeness (QED) is 0.599. The lowest BCUT2D eigenvalue weighted by Crippen LogP contribution is -2.08. The van der Waals surface area contributed by atoms with E-state index in [1.165, 1.54) is 0 Å². The number of aryl methyl sites for hydroxylation is 1. The summed E-state index contributed by atoms with van der Waals surface area (Å²) in [5.74, 6) is 0.553. The van der Waals surface area contributed by atoms with Crippen molar-refractivity contribution in [3.05, 3.63) is 48.3 Å². The molecule has 0 N–H and O–H groups in total. The van der Waals surface area contributed by atoms with Crippen molar-refractivity contribution in [3.8, 4) is 0 Å². The van der Waals surface area contributed by atoms with E-state index in [0.29, 0.717) is 11.4 Å². The number of Topliss-reactive ketones (excluding diaryl/α,β-unsaturated/α-hetero) is 1. The Balaban J connectivity index is 1.97. The SMILES string of the molecule is Cn1nccc1C(=O)CSc1ccccc1. The van der Waals surface area contributed by atoms with Crippen LogP contribution >= 0.6 is 11.8 Å². The number of nitrogens with zero attached hydrogens (tertiary/aromatic N) is 2. The average molecular weight is 232 g/mol. The van der Waals surface area contributed by atoms with Gasteiger partial charge in [-0.2, -0.15) is 5.10 Å². The zero-order valence-electron chi connectivity index (χ0n) is 8.96. The minimum absolute atomic E-state index is 0.105. The van der Waals surface area contributed by atoms with Gasteiger partial charge >= 0.3 is 0 Å². The van der Waals surface area contributed by atoms with Gasteiger partial charge in [-0.15, -0.1) is 11.8 Å². The first-order chi connectivity index (χ1) is 7.77. The van der Waals surface area contributed by atoms with Crippen LogP contribution < -0.4 is 0 Å². The zero-order chi connectivity index (χ0) is 11.4. The molecule has 0 bridgehead atoms. The predicted molar refractivity (Wildman–Crippen MR) is 64.7 cm³/mol. The van der Waals surface area contributed by atoms with Crippen molar-refractivity contribution < 1.29 is 4.79 Å². The van der Waals surface area contributed by atoms with E-state index >= 15 is 0 Å². The molecule has 1 aromatic carbocycles. The molecule has 0 aliphatic rings. The molecule has 0 aliphatic heterocycles. The molecule has 0 amide bonds. The second-order valence-electron chi connectivity index (χ2n) is 3.36. The lowest BCUT2D eigenvalue weighted by Gasteiger charge is -2.01. The fraction of sp³-hybridized carbons (Fsp3) is 0.167. The highest BCUT2D eigenvalue weighted by Crippen LogP contribution is 2.18. The highest BCUT2D eigenvalue weighted by atomic mass is 32.2. The fourth-order valence-corrected chi connectivity index (χ4v) is 2.18. The molecule has 0 saturated carbocycles. The summed E-state index contributed by atoms with van der Waals surface area (Å²) in [5.41, 5.74) is 0.656. The lowest BCUT2D eigenvalue weighted by atomic mass is 10.3. The molecule has 4 heteroatoms. The zero-order valence-corrected chi connectivity index (χ0v) is 9.78. The van der Waals surface area contributed by atoms with Gasteiger partial charge in [0.1, 0.15) is 5.69 Å². The van der Waals surface area contributed by atoms with Gasteiger partial charge in [-0.25, -0.2) is 0 Å². The molecular formula is C12H12N2OS. The third-order valence-corrected chi connectivity index (χ3v) is 3.23. The number of hydrogen-bond acceptors (Lipinski definition) is 3. The van der Waals surface area contributed by atoms with Crippen molar-refractivity contribution in [2.75, 3.05) is 5.75 Å². The molecule has 0 unspecified atom stereocenters. The number of benzene rings is 1. The molecule has 0 radical (unpaired) electrons. The Kier molecular flexibility index (Phi) is 3.41. The Bertz CT molecular complexity index is 479. The van der Waals surface area contributed by atoms with Crippen LogP contribution in [0.4, 0.5) is 0 Å². The minimum Gasteiger partial charge on any atom is -0.292 e. The van der Waals surface area contributed by atoms with Gasteiger partial charge in [0, 0.05) is 18.1 Å². The number of rotatable bonds is 4. The van der Waals surface area contributed by atoms with E-state index < -0.39 is 0 Å². The predicted octanol–water partition coefficient (Wildman–Crippen LogP) is 2.40. The summed E-state index contributed by atoms with van der Waals surface area (Å²) in [5, 5.41) is 3.98. The first kappa shape index (κ1) is 11.0. The van der Waals surface area contributed by atoms with E-state index in [-0.39, 0.29) is 5.78 Å². The molecule has 2 aromatic rings. The normalized spacial score (nSPS) is 10.3. The molecule has 16 heavy (non-hydrogen) atoms. The third kappa shape index (κ3) is 2.52. The topological polar surface area (TPSA) is 34.9 Å². The lowest BCUT2D eigenvalue weighted by molar-refractivity contribution is 0.101. The summed E-state index contributed by atoms with van der Waals surface area (Å²) >= 11 is 1.54. The van der Waals surface area contributed by atoms with Gasteiger partial charge in [0.25, 0.3) is 0 Å². The van der Waals surface area contributed by atoms with Crippen LogP contribution in [-0.4, -0.2) is 21.3 Å². The fourth-order valence-electron chi connectivity index (χ4n) is 1.39. The van der Waals surface area contributed by atoms with Crippen molar-refractivity contribution in [1.82, 2.24) is 9.78 Å². The summed E-state index contributed by atoms with van der Waals surface area (Å²) in [4.78, 5) is 12.9. The molecule has 1 aromatic heterocycles. The first-order valence-corrected chi connectivity index (χ1v) is 5.95. The highest BCUT2D eigenvalue weighted by Gasteiger charge is 2.09. The monoisotopic (exact) mass is 232 g/mol. The number of ketones is 1. The van der Waals surface area contributed by atoms with E-state index in [2.05, 4.69) is 5.10 Å². The van der Waals surface area contributed by atoms with Crippen molar-refractivity contribution in [2.24, 2.45) is 7.05 Å². The maximum absolute atomic E-state index is 11.8. The number of carbonyl (C=O) groups excluding carboxylic acids is 1. The smallest absolute Gasteiger partial charge is 0.191 e. The van der Waals surface area contributed by atoms with Crippen LogP contribution in [0.15, 0.2) is 47.5 Å². The Morgan fingerprint density at radius 3 is 2.69 bits per heavy atom. The molecule has 3 nitrogen and oxygen atoms in total. The summed E-state index contributed by atoms with van der Waals surface area (Å²) in [7, 11) is 1.78. The maximum atomic E-state index is 11.8. The van der Waals surface area contributed by atoms with Crippen LogP contribution in [0.3, 0.4) is 0 Å². The summed E-state index contributed by atoms with van der Waals surface area (Å²) in [6, 6.07) is 11.6. The second kappa shape index (κ2) is 4.99. The largest absolute Gasteiger partial charge is 0.292 e. The molecule has 0 spiro atoms. The van der Waals surface area contributed by atoms with E-state index in [4.69, 9.17) is 0 Å². The third-order valence-electron chi connectivity index (χ3n) is 2.22. The van der Waals surface area contributed by atoms with Crippen LogP contribution in [0.2, 0.25) is 0 Å². The molecule has 0 atom stereocenters. The Labute approximate surface area is 98.5 Å². The van der Waals surface area contributed by atoms with Crippen LogP contribution in [0.1, 0.15) is 10.5 Å². The van der Waals surface area contributed by atoms with Crippen molar-refractivity contribution in [2.45, 2.75) is 4.90 Å². The first-order valence-electron chi connectivity index (χ1n) is 4.96. The van der Waals surface area contributed by atoms with Gasteiger partial charge in [0.2, 0.25) is 0 Å². The van der Waals surface area contributed by atoms with E-state index in [0.717, 1.165) is 4.90 Å². The molecule has 0 aliphatic carbocycles. The average Bonchev–Trinajstić information content (AvgIpc) is 2.74. The van der Waals surface area contributed by atoms with Crippen LogP contribution in [0.5, 0.6) is 0 Å². The van der Waals surface area contributed by atoms with E-state index in [9.17, 15) is 4.79 Å². The summed E-state index contributed by atoms with van der Waals surface area (Å²) in [6.45, 7) is 0. The second-order valence-corrected chi connectivity index (χ2v) is 4.41. The molecule has 1 heterocycles. The van der Waals surface area contributed by atoms with Crippen molar-refractivity contribution >= 4 is 17.5 Å². The van der Waals surface area contributed by atoms with E-state index in [1.54, 1.807) is 35.8 Å². The Morgan fingerprint density at radius 2 is 2.06 bits per heavy atom. The number of hydrogen-bond donors (Lipinski definition) is 0. The molecular weight excluding hydrogens is 220 g/mol. The number of carbonyl (C=O) groups is 1. The van der Waals surface area contributed by atoms with Crippen molar-refractivity contribution in [3.63, 3.8) is 0 Å². The summed E-state index contributed by atoms with van der Waals surface area (Å²) in [6.07, 6.45) is 1.64. The van der Waals surface area contributed by atoms with Crippen LogP contribution in [0, 0.1) is 0 Å². The van der Waals surface area contributed by atoms with Gasteiger partial charge in [-0.05, 0) is 18.2 Å². The summed E-state index contributed by atoms with van der Waals surface area (Å²) < 4.78 is 1.61. The van der Waals surface area contributed by atoms with Gasteiger partial charge in [-0.1, -0.05) is 18.2 Å². The molecule has 82 valence electrons. The minimum atomic E-state index is 0.105. The molecule has 0 fully saturated rings. The van der Waals surface area contributed by atoms with Gasteiger partial charge in [0.05, 0.1) is 5.75 Å². The highest BCUT2D eigenvalue weighted by molar-refractivity contribution is 8.00.